The van der Waals surface area contributed by atoms with Crippen LogP contribution in [0.25, 0.3) is 0 Å². The molecular formula is C19H20N4O. The molecule has 0 saturated carbocycles. The Hall–Kier alpha value is -2.92. The Labute approximate surface area is 142 Å². The van der Waals surface area contributed by atoms with Gasteiger partial charge in [0, 0.05) is 30.3 Å². The van der Waals surface area contributed by atoms with E-state index in [4.69, 9.17) is 10.5 Å². The van der Waals surface area contributed by atoms with Crippen molar-refractivity contribution in [2.24, 2.45) is 4.99 Å². The van der Waals surface area contributed by atoms with Crippen LogP contribution in [0.5, 0.6) is 0 Å². The van der Waals surface area contributed by atoms with E-state index in [0.717, 1.165) is 16.9 Å². The SMILES string of the molecule is CC(=O)CCC(N=C(C#N)C#N)=C1N(C)c2ccccc2C1(C)C. The molecule has 0 aromatic heterocycles. The normalized spacial score (nSPS) is 16.7. The lowest BCUT2D eigenvalue weighted by atomic mass is 9.82. The number of likely N-dealkylation sites (N-methyl/N-ethyl adjacent to an activating group) is 1. The number of aliphatic imine (C=N–C) groups is 1. The molecule has 1 aliphatic rings. The molecule has 0 spiro atoms. The topological polar surface area (TPSA) is 80.2 Å². The van der Waals surface area contributed by atoms with Crippen LogP contribution >= 0.6 is 0 Å². The van der Waals surface area contributed by atoms with Crippen molar-refractivity contribution in [3.05, 3.63) is 41.2 Å². The first-order valence-electron chi connectivity index (χ1n) is 7.78. The van der Waals surface area contributed by atoms with Gasteiger partial charge in [-0.3, -0.25) is 0 Å². The van der Waals surface area contributed by atoms with Crippen LogP contribution in [0.15, 0.2) is 40.7 Å². The number of Topliss-reactive ketones (excluding diaryl/α,β-unsaturated/α-hetero) is 1. The van der Waals surface area contributed by atoms with Gasteiger partial charge >= 0.3 is 0 Å². The van der Waals surface area contributed by atoms with Crippen molar-refractivity contribution in [2.45, 2.75) is 39.0 Å². The van der Waals surface area contributed by atoms with Crippen molar-refractivity contribution in [2.75, 3.05) is 11.9 Å². The maximum atomic E-state index is 11.4. The Bertz CT molecular complexity index is 803. The fourth-order valence-electron chi connectivity index (χ4n) is 3.25. The predicted molar refractivity (Wildman–Crippen MR) is 93.5 cm³/mol. The molecule has 0 unspecified atom stereocenters. The van der Waals surface area contributed by atoms with E-state index in [1.807, 2.05) is 42.3 Å². The van der Waals surface area contributed by atoms with E-state index >= 15 is 0 Å². The molecule has 1 aromatic carbocycles. The lowest BCUT2D eigenvalue weighted by molar-refractivity contribution is -0.116. The maximum Gasteiger partial charge on any atom is 0.218 e. The number of hydrogen-bond donors (Lipinski definition) is 0. The van der Waals surface area contributed by atoms with Crippen LogP contribution in [0.4, 0.5) is 5.69 Å². The average Bonchev–Trinajstić information content (AvgIpc) is 2.75. The number of para-hydroxylation sites is 1. The molecule has 0 aliphatic carbocycles. The summed E-state index contributed by atoms with van der Waals surface area (Å²) in [5, 5.41) is 18.1. The van der Waals surface area contributed by atoms with Gasteiger partial charge in [0.2, 0.25) is 5.71 Å². The van der Waals surface area contributed by atoms with Crippen LogP contribution in [0, 0.1) is 22.7 Å². The summed E-state index contributed by atoms with van der Waals surface area (Å²) in [6.45, 7) is 5.71. The summed E-state index contributed by atoms with van der Waals surface area (Å²) >= 11 is 0. The first-order valence-corrected chi connectivity index (χ1v) is 7.78. The third-order valence-electron chi connectivity index (χ3n) is 4.31. The van der Waals surface area contributed by atoms with Crippen molar-refractivity contribution in [1.82, 2.24) is 0 Å². The summed E-state index contributed by atoms with van der Waals surface area (Å²) < 4.78 is 0. The highest BCUT2D eigenvalue weighted by molar-refractivity contribution is 6.10. The molecule has 1 heterocycles. The summed E-state index contributed by atoms with van der Waals surface area (Å²) in [6, 6.07) is 11.7. The number of nitrogens with zero attached hydrogens (tertiary/aromatic N) is 4. The molecule has 122 valence electrons. The smallest absolute Gasteiger partial charge is 0.218 e. The number of fused-ring (bicyclic) bond motifs is 1. The first kappa shape index (κ1) is 17.4. The van der Waals surface area contributed by atoms with Crippen molar-refractivity contribution in [3.63, 3.8) is 0 Å². The predicted octanol–water partition coefficient (Wildman–Crippen LogP) is 3.48. The van der Waals surface area contributed by atoms with Crippen molar-refractivity contribution in [3.8, 4) is 12.1 Å². The summed E-state index contributed by atoms with van der Waals surface area (Å²) in [6.07, 6.45) is 0.728. The Kier molecular flexibility index (Phi) is 4.85. The quantitative estimate of drug-likeness (QED) is 0.795. The van der Waals surface area contributed by atoms with E-state index in [1.165, 1.54) is 6.92 Å². The number of carbonyl (C=O) groups excluding carboxylic acids is 1. The third kappa shape index (κ3) is 3.07. The molecule has 24 heavy (non-hydrogen) atoms. The van der Waals surface area contributed by atoms with Gasteiger partial charge in [-0.1, -0.05) is 32.0 Å². The number of hydrogen-bond acceptors (Lipinski definition) is 5. The standard InChI is InChI=1S/C19H20N4O/c1-13(24)9-10-16(22-14(11-20)12-21)18-19(2,3)15-7-5-6-8-17(15)23(18)4/h5-8H,9-10H2,1-4H3. The van der Waals surface area contributed by atoms with Gasteiger partial charge < -0.3 is 9.69 Å². The van der Waals surface area contributed by atoms with Gasteiger partial charge in [-0.2, -0.15) is 10.5 Å². The zero-order valence-corrected chi connectivity index (χ0v) is 14.4. The number of nitriles is 2. The third-order valence-corrected chi connectivity index (χ3v) is 4.31. The van der Waals surface area contributed by atoms with Gasteiger partial charge in [0.05, 0.1) is 5.70 Å². The first-order chi connectivity index (χ1) is 11.3. The van der Waals surface area contributed by atoms with Crippen LogP contribution in [-0.4, -0.2) is 18.5 Å². The number of rotatable bonds is 4. The van der Waals surface area contributed by atoms with Crippen LogP contribution in [0.3, 0.4) is 0 Å². The van der Waals surface area contributed by atoms with E-state index in [0.29, 0.717) is 18.5 Å². The van der Waals surface area contributed by atoms with Gasteiger partial charge in [0.15, 0.2) is 0 Å². The highest BCUT2D eigenvalue weighted by atomic mass is 16.1. The van der Waals surface area contributed by atoms with E-state index in [1.54, 1.807) is 0 Å². The second kappa shape index (κ2) is 6.68. The molecule has 2 rings (SSSR count). The monoisotopic (exact) mass is 320 g/mol. The molecule has 1 aliphatic heterocycles. The molecule has 0 radical (unpaired) electrons. The molecule has 0 saturated heterocycles. The van der Waals surface area contributed by atoms with Crippen LogP contribution in [0.1, 0.15) is 39.2 Å². The van der Waals surface area contributed by atoms with Gasteiger partial charge in [0.1, 0.15) is 17.9 Å². The molecule has 0 atom stereocenters. The minimum absolute atomic E-state index is 0.0507. The second-order valence-electron chi connectivity index (χ2n) is 6.38. The fourth-order valence-corrected chi connectivity index (χ4v) is 3.25. The number of ketones is 1. The van der Waals surface area contributed by atoms with Gasteiger partial charge in [-0.25, -0.2) is 4.99 Å². The molecule has 0 N–H and O–H groups in total. The molecular weight excluding hydrogens is 300 g/mol. The molecule has 0 amide bonds. The average molecular weight is 320 g/mol. The summed E-state index contributed by atoms with van der Waals surface area (Å²) in [4.78, 5) is 17.8. The fraction of sp³-hybridized carbons (Fsp3) is 0.368. The second-order valence-corrected chi connectivity index (χ2v) is 6.38. The van der Waals surface area contributed by atoms with E-state index in [9.17, 15) is 4.79 Å². The van der Waals surface area contributed by atoms with Gasteiger partial charge in [0.25, 0.3) is 0 Å². The molecule has 0 fully saturated rings. The Morgan fingerprint density at radius 3 is 2.38 bits per heavy atom. The Morgan fingerprint density at radius 2 is 1.83 bits per heavy atom. The minimum Gasteiger partial charge on any atom is -0.346 e. The van der Waals surface area contributed by atoms with Crippen molar-refractivity contribution >= 4 is 17.2 Å². The maximum absolute atomic E-state index is 11.4. The Balaban J connectivity index is 2.66. The van der Waals surface area contributed by atoms with E-state index in [-0.39, 0.29) is 16.9 Å². The lowest BCUT2D eigenvalue weighted by Gasteiger charge is -2.26. The zero-order valence-electron chi connectivity index (χ0n) is 14.4. The highest BCUT2D eigenvalue weighted by Crippen LogP contribution is 2.48. The number of allylic oxidation sites excluding steroid dienone is 2. The molecule has 0 bridgehead atoms. The number of carbonyl (C=O) groups is 1. The number of benzene rings is 1. The summed E-state index contributed by atoms with van der Waals surface area (Å²) in [7, 11) is 1.95. The molecule has 1 aromatic rings. The minimum atomic E-state index is -0.322. The highest BCUT2D eigenvalue weighted by Gasteiger charge is 2.40. The van der Waals surface area contributed by atoms with Crippen molar-refractivity contribution in [1.29, 1.82) is 10.5 Å². The van der Waals surface area contributed by atoms with Crippen LogP contribution < -0.4 is 4.90 Å². The van der Waals surface area contributed by atoms with Crippen molar-refractivity contribution < 1.29 is 4.79 Å². The van der Waals surface area contributed by atoms with Crippen LogP contribution in [-0.2, 0) is 10.2 Å². The van der Waals surface area contributed by atoms with E-state index < -0.39 is 0 Å². The number of anilines is 1. The summed E-state index contributed by atoms with van der Waals surface area (Å²) in [5.41, 5.74) is 3.26. The van der Waals surface area contributed by atoms with Gasteiger partial charge in [-0.15, -0.1) is 0 Å². The van der Waals surface area contributed by atoms with Gasteiger partial charge in [-0.05, 0) is 25.0 Å². The molecule has 5 nitrogen and oxygen atoms in total. The summed E-state index contributed by atoms with van der Waals surface area (Å²) in [5.74, 6) is 0.0507. The zero-order chi connectivity index (χ0) is 17.9. The Morgan fingerprint density at radius 1 is 1.21 bits per heavy atom. The lowest BCUT2D eigenvalue weighted by Crippen LogP contribution is -2.25. The van der Waals surface area contributed by atoms with E-state index in [2.05, 4.69) is 24.9 Å². The largest absolute Gasteiger partial charge is 0.346 e. The molecule has 5 heteroatoms. The van der Waals surface area contributed by atoms with Crippen LogP contribution in [0.2, 0.25) is 0 Å².